The van der Waals surface area contributed by atoms with Crippen molar-refractivity contribution in [1.29, 1.82) is 0 Å². The van der Waals surface area contributed by atoms with E-state index >= 15 is 0 Å². The van der Waals surface area contributed by atoms with Crippen molar-refractivity contribution in [1.82, 2.24) is 10.3 Å². The van der Waals surface area contributed by atoms with E-state index in [2.05, 4.69) is 65.8 Å². The molecule has 3 heteroatoms. The van der Waals surface area contributed by atoms with Gasteiger partial charge in [-0.05, 0) is 42.2 Å². The zero-order valence-electron chi connectivity index (χ0n) is 13.4. The van der Waals surface area contributed by atoms with E-state index in [0.717, 1.165) is 31.7 Å². The maximum absolute atomic E-state index is 5.69. The molecule has 4 rings (SSSR count). The number of hydrogen-bond acceptors (Lipinski definition) is 2. The van der Waals surface area contributed by atoms with Gasteiger partial charge in [-0.25, -0.2) is 0 Å². The summed E-state index contributed by atoms with van der Waals surface area (Å²) in [5, 5.41) is 5.00. The predicted molar refractivity (Wildman–Crippen MR) is 94.1 cm³/mol. The van der Waals surface area contributed by atoms with Crippen LogP contribution >= 0.6 is 0 Å². The molecule has 1 unspecified atom stereocenters. The number of hydrogen-bond donors (Lipinski definition) is 2. The molecule has 0 saturated carbocycles. The number of ether oxygens (including phenoxy) is 1. The second kappa shape index (κ2) is 6.09. The van der Waals surface area contributed by atoms with Crippen LogP contribution in [0, 0.1) is 0 Å². The third-order valence-electron chi connectivity index (χ3n) is 4.55. The lowest BCUT2D eigenvalue weighted by atomic mass is 9.94. The molecule has 0 amide bonds. The van der Waals surface area contributed by atoms with Crippen molar-refractivity contribution in [3.8, 4) is 5.75 Å². The molecule has 23 heavy (non-hydrogen) atoms. The molecule has 2 heterocycles. The third-order valence-corrected chi connectivity index (χ3v) is 4.55. The number of H-pyrrole nitrogens is 1. The van der Waals surface area contributed by atoms with Gasteiger partial charge < -0.3 is 15.0 Å². The summed E-state index contributed by atoms with van der Waals surface area (Å²) < 4.78 is 5.69. The van der Waals surface area contributed by atoms with Gasteiger partial charge >= 0.3 is 0 Å². The van der Waals surface area contributed by atoms with Gasteiger partial charge in [-0.15, -0.1) is 0 Å². The first-order chi connectivity index (χ1) is 11.4. The first-order valence-corrected chi connectivity index (χ1v) is 8.42. The average molecular weight is 306 g/mol. The third kappa shape index (κ3) is 2.62. The molecule has 118 valence electrons. The molecule has 1 aliphatic rings. The normalized spacial score (nSPS) is 17.2. The van der Waals surface area contributed by atoms with E-state index in [0.29, 0.717) is 0 Å². The highest BCUT2D eigenvalue weighted by molar-refractivity contribution is 5.85. The van der Waals surface area contributed by atoms with E-state index in [1.54, 1.807) is 0 Å². The maximum atomic E-state index is 5.69. The van der Waals surface area contributed by atoms with Crippen LogP contribution in [0.25, 0.3) is 10.9 Å². The van der Waals surface area contributed by atoms with Crippen molar-refractivity contribution in [2.45, 2.75) is 25.8 Å². The molecule has 2 aromatic carbocycles. The summed E-state index contributed by atoms with van der Waals surface area (Å²) >= 11 is 0. The smallest absolute Gasteiger partial charge is 0.119 e. The fourth-order valence-electron chi connectivity index (χ4n) is 3.44. The topological polar surface area (TPSA) is 37.0 Å². The van der Waals surface area contributed by atoms with E-state index in [4.69, 9.17) is 4.74 Å². The van der Waals surface area contributed by atoms with Crippen LogP contribution in [0.4, 0.5) is 0 Å². The van der Waals surface area contributed by atoms with Gasteiger partial charge in [0.1, 0.15) is 5.75 Å². The Morgan fingerprint density at radius 3 is 2.74 bits per heavy atom. The van der Waals surface area contributed by atoms with Crippen LogP contribution < -0.4 is 10.1 Å². The summed E-state index contributed by atoms with van der Waals surface area (Å²) in [7, 11) is 0. The second-order valence-electron chi connectivity index (χ2n) is 6.12. The largest absolute Gasteiger partial charge is 0.494 e. The number of aromatic nitrogens is 1. The zero-order valence-corrected chi connectivity index (χ0v) is 13.4. The Morgan fingerprint density at radius 2 is 1.91 bits per heavy atom. The highest BCUT2D eigenvalue weighted by Gasteiger charge is 2.24. The maximum Gasteiger partial charge on any atom is 0.119 e. The molecule has 1 aliphatic heterocycles. The van der Waals surface area contributed by atoms with Crippen LogP contribution in [0.5, 0.6) is 5.75 Å². The lowest BCUT2D eigenvalue weighted by Crippen LogP contribution is -2.30. The minimum absolute atomic E-state index is 0.228. The van der Waals surface area contributed by atoms with Gasteiger partial charge in [0.2, 0.25) is 0 Å². The molecule has 0 fully saturated rings. The van der Waals surface area contributed by atoms with Crippen LogP contribution in [0.15, 0.2) is 48.5 Å². The first kappa shape index (κ1) is 14.3. The van der Waals surface area contributed by atoms with Crippen LogP contribution in [0.3, 0.4) is 0 Å². The van der Waals surface area contributed by atoms with E-state index < -0.39 is 0 Å². The van der Waals surface area contributed by atoms with Crippen molar-refractivity contribution in [3.63, 3.8) is 0 Å². The number of para-hydroxylation sites is 1. The molecular formula is C20H22N2O. The molecular weight excluding hydrogens is 284 g/mol. The van der Waals surface area contributed by atoms with E-state index in [9.17, 15) is 0 Å². The molecule has 0 aliphatic carbocycles. The first-order valence-electron chi connectivity index (χ1n) is 8.42. The number of benzene rings is 2. The summed E-state index contributed by atoms with van der Waals surface area (Å²) in [5.74, 6) is 0.947. The molecule has 3 nitrogen and oxygen atoms in total. The molecule has 0 spiro atoms. The van der Waals surface area contributed by atoms with Crippen LogP contribution in [-0.2, 0) is 6.42 Å². The minimum atomic E-state index is 0.228. The second-order valence-corrected chi connectivity index (χ2v) is 6.12. The minimum Gasteiger partial charge on any atom is -0.494 e. The molecule has 0 bridgehead atoms. The SMILES string of the molecule is CCCOc1ccc(C2NCCc3c2[nH]c2ccccc32)cc1. The summed E-state index contributed by atoms with van der Waals surface area (Å²) in [5.41, 5.74) is 5.27. The van der Waals surface area contributed by atoms with Gasteiger partial charge in [0, 0.05) is 23.1 Å². The van der Waals surface area contributed by atoms with Crippen LogP contribution in [0.1, 0.15) is 36.2 Å². The Kier molecular flexibility index (Phi) is 3.80. The van der Waals surface area contributed by atoms with Gasteiger partial charge in [0.05, 0.1) is 12.6 Å². The Morgan fingerprint density at radius 1 is 1.09 bits per heavy atom. The highest BCUT2D eigenvalue weighted by Crippen LogP contribution is 2.33. The Balaban J connectivity index is 1.68. The predicted octanol–water partition coefficient (Wildman–Crippen LogP) is 4.19. The quantitative estimate of drug-likeness (QED) is 0.758. The van der Waals surface area contributed by atoms with Gasteiger partial charge in [-0.2, -0.15) is 0 Å². The fraction of sp³-hybridized carbons (Fsp3) is 0.300. The Hall–Kier alpha value is -2.26. The van der Waals surface area contributed by atoms with Crippen molar-refractivity contribution in [3.05, 3.63) is 65.4 Å². The number of rotatable bonds is 4. The molecule has 2 N–H and O–H groups in total. The van der Waals surface area contributed by atoms with Crippen molar-refractivity contribution in [2.24, 2.45) is 0 Å². The number of aromatic amines is 1. The highest BCUT2D eigenvalue weighted by atomic mass is 16.5. The van der Waals surface area contributed by atoms with Gasteiger partial charge in [-0.1, -0.05) is 37.3 Å². The molecule has 1 atom stereocenters. The lowest BCUT2D eigenvalue weighted by Gasteiger charge is -2.25. The van der Waals surface area contributed by atoms with Gasteiger partial charge in [-0.3, -0.25) is 0 Å². The lowest BCUT2D eigenvalue weighted by molar-refractivity contribution is 0.317. The average Bonchev–Trinajstić information content (AvgIpc) is 2.99. The van der Waals surface area contributed by atoms with Gasteiger partial charge in [0.15, 0.2) is 0 Å². The molecule has 0 radical (unpaired) electrons. The summed E-state index contributed by atoms with van der Waals surface area (Å²) in [6.45, 7) is 3.90. The van der Waals surface area contributed by atoms with E-state index in [-0.39, 0.29) is 6.04 Å². The van der Waals surface area contributed by atoms with Crippen molar-refractivity contribution >= 4 is 10.9 Å². The fourth-order valence-corrected chi connectivity index (χ4v) is 3.44. The standard InChI is InChI=1S/C20H22N2O/c1-2-13-23-15-9-7-14(8-10-15)19-20-17(11-12-21-19)16-5-3-4-6-18(16)22-20/h3-10,19,21-22H,2,11-13H2,1H3. The van der Waals surface area contributed by atoms with E-state index in [1.165, 1.54) is 27.7 Å². The molecule has 3 aromatic rings. The van der Waals surface area contributed by atoms with Crippen LogP contribution in [-0.4, -0.2) is 18.1 Å². The summed E-state index contributed by atoms with van der Waals surface area (Å²) in [6.07, 6.45) is 2.11. The Labute approximate surface area is 136 Å². The zero-order chi connectivity index (χ0) is 15.6. The summed E-state index contributed by atoms with van der Waals surface area (Å²) in [6, 6.07) is 17.3. The van der Waals surface area contributed by atoms with Crippen molar-refractivity contribution < 1.29 is 4.74 Å². The number of nitrogens with one attached hydrogen (secondary N) is 2. The Bertz CT molecular complexity index is 804. The van der Waals surface area contributed by atoms with Gasteiger partial charge in [0.25, 0.3) is 0 Å². The van der Waals surface area contributed by atoms with Crippen LogP contribution in [0.2, 0.25) is 0 Å². The monoisotopic (exact) mass is 306 g/mol. The summed E-state index contributed by atoms with van der Waals surface area (Å²) in [4.78, 5) is 3.62. The molecule has 1 aromatic heterocycles. The molecule has 0 saturated heterocycles. The van der Waals surface area contributed by atoms with E-state index in [1.807, 2.05) is 0 Å². The van der Waals surface area contributed by atoms with Crippen molar-refractivity contribution in [2.75, 3.05) is 13.2 Å². The number of fused-ring (bicyclic) bond motifs is 3.